The number of benzene rings is 1. The molecule has 1 saturated heterocycles. The first-order chi connectivity index (χ1) is 12.8. The number of aromatic nitrogens is 2. The molecule has 2 heterocycles. The van der Waals surface area contributed by atoms with Crippen molar-refractivity contribution in [2.75, 3.05) is 13.1 Å². The summed E-state index contributed by atoms with van der Waals surface area (Å²) in [5.41, 5.74) is 0. The molecule has 1 unspecified atom stereocenters. The van der Waals surface area contributed by atoms with Gasteiger partial charge in [0.05, 0.1) is 22.0 Å². The molecule has 0 spiro atoms. The molecule has 1 atom stereocenters. The highest BCUT2D eigenvalue weighted by Gasteiger charge is 2.31. The minimum atomic E-state index is -3.59. The third-order valence-electron chi connectivity index (χ3n) is 4.04. The molecule has 0 N–H and O–H groups in total. The van der Waals surface area contributed by atoms with Crippen LogP contribution in [0.2, 0.25) is 0 Å². The minimum Gasteiger partial charge on any atom is -0.491 e. The van der Waals surface area contributed by atoms with E-state index in [0.29, 0.717) is 12.3 Å². The van der Waals surface area contributed by atoms with Crippen molar-refractivity contribution in [1.82, 2.24) is 14.3 Å². The van der Waals surface area contributed by atoms with E-state index in [1.807, 2.05) is 13.8 Å². The van der Waals surface area contributed by atoms with Crippen molar-refractivity contribution in [1.29, 1.82) is 0 Å². The fourth-order valence-corrected chi connectivity index (χ4v) is 4.56. The molecule has 2 aromatic rings. The zero-order chi connectivity index (χ0) is 19.4. The molecule has 1 fully saturated rings. The molecule has 0 radical (unpaired) electrons. The Labute approximate surface area is 167 Å². The fourth-order valence-electron chi connectivity index (χ4n) is 2.84. The van der Waals surface area contributed by atoms with Crippen molar-refractivity contribution in [3.8, 4) is 11.8 Å². The second kappa shape index (κ2) is 8.53. The number of hydrogen-bond donors (Lipinski definition) is 0. The van der Waals surface area contributed by atoms with Crippen LogP contribution in [-0.4, -0.2) is 48.0 Å². The van der Waals surface area contributed by atoms with Gasteiger partial charge in [-0.15, -0.1) is 0 Å². The molecule has 1 aromatic carbocycles. The third kappa shape index (κ3) is 5.18. The van der Waals surface area contributed by atoms with E-state index in [9.17, 15) is 8.42 Å². The number of piperidine rings is 1. The Balaban J connectivity index is 1.69. The second-order valence-corrected chi connectivity index (χ2v) is 9.42. The number of hydrogen-bond acceptors (Lipinski definition) is 6. The predicted molar refractivity (Wildman–Crippen MR) is 104 cm³/mol. The van der Waals surface area contributed by atoms with E-state index in [4.69, 9.17) is 9.47 Å². The van der Waals surface area contributed by atoms with Gasteiger partial charge in [-0.2, -0.15) is 4.31 Å². The van der Waals surface area contributed by atoms with Crippen LogP contribution in [0.1, 0.15) is 26.7 Å². The van der Waals surface area contributed by atoms with Gasteiger partial charge in [0.15, 0.2) is 0 Å². The highest BCUT2D eigenvalue weighted by molar-refractivity contribution is 9.10. The molecule has 1 aliphatic rings. The van der Waals surface area contributed by atoms with Gasteiger partial charge >= 0.3 is 6.01 Å². The van der Waals surface area contributed by atoms with Crippen LogP contribution in [0.4, 0.5) is 0 Å². The maximum Gasteiger partial charge on any atom is 0.316 e. The highest BCUT2D eigenvalue weighted by Crippen LogP contribution is 2.24. The molecule has 27 heavy (non-hydrogen) atoms. The van der Waals surface area contributed by atoms with Gasteiger partial charge in [-0.3, -0.25) is 0 Å². The van der Waals surface area contributed by atoms with Crippen LogP contribution in [0.15, 0.2) is 46.0 Å². The molecule has 0 bridgehead atoms. The number of ether oxygens (including phenoxy) is 2. The Morgan fingerprint density at radius 3 is 2.48 bits per heavy atom. The molecule has 1 aromatic heterocycles. The molecular weight excluding hydrogens is 434 g/mol. The van der Waals surface area contributed by atoms with Gasteiger partial charge in [-0.1, -0.05) is 0 Å². The van der Waals surface area contributed by atoms with Crippen LogP contribution in [0.3, 0.4) is 0 Å². The quantitative estimate of drug-likeness (QED) is 0.664. The monoisotopic (exact) mass is 455 g/mol. The summed E-state index contributed by atoms with van der Waals surface area (Å²) in [5, 5.41) is 0. The lowest BCUT2D eigenvalue weighted by Crippen LogP contribution is -2.44. The van der Waals surface area contributed by atoms with E-state index < -0.39 is 10.0 Å². The average Bonchev–Trinajstić information content (AvgIpc) is 2.64. The van der Waals surface area contributed by atoms with Gasteiger partial charge in [0.1, 0.15) is 11.9 Å². The van der Waals surface area contributed by atoms with Crippen LogP contribution < -0.4 is 9.47 Å². The van der Waals surface area contributed by atoms with Crippen LogP contribution in [0.25, 0.3) is 0 Å². The van der Waals surface area contributed by atoms with E-state index in [2.05, 4.69) is 25.9 Å². The van der Waals surface area contributed by atoms with Gasteiger partial charge in [-0.05, 0) is 66.9 Å². The lowest BCUT2D eigenvalue weighted by atomic mass is 10.1. The third-order valence-corrected chi connectivity index (χ3v) is 6.33. The van der Waals surface area contributed by atoms with E-state index >= 15 is 0 Å². The smallest absolute Gasteiger partial charge is 0.316 e. The Morgan fingerprint density at radius 1 is 1.19 bits per heavy atom. The number of nitrogens with zero attached hydrogens (tertiary/aromatic N) is 3. The summed E-state index contributed by atoms with van der Waals surface area (Å²) in [6.45, 7) is 4.58. The van der Waals surface area contributed by atoms with Gasteiger partial charge in [-0.25, -0.2) is 18.4 Å². The molecule has 7 nitrogen and oxygen atoms in total. The van der Waals surface area contributed by atoms with Crippen LogP contribution in [-0.2, 0) is 10.0 Å². The molecule has 0 amide bonds. The minimum absolute atomic E-state index is 0.0355. The van der Waals surface area contributed by atoms with Crippen molar-refractivity contribution < 1.29 is 17.9 Å². The van der Waals surface area contributed by atoms with E-state index in [1.54, 1.807) is 36.7 Å². The molecular formula is C18H22BrN3O4S. The summed E-state index contributed by atoms with van der Waals surface area (Å²) in [4.78, 5) is 8.43. The van der Waals surface area contributed by atoms with Crippen LogP contribution in [0.5, 0.6) is 11.8 Å². The number of sulfonamides is 1. The summed E-state index contributed by atoms with van der Waals surface area (Å²) in [7, 11) is -3.59. The van der Waals surface area contributed by atoms with Gasteiger partial charge in [0.25, 0.3) is 0 Å². The van der Waals surface area contributed by atoms with Gasteiger partial charge in [0, 0.05) is 18.9 Å². The molecule has 9 heteroatoms. The largest absolute Gasteiger partial charge is 0.491 e. The molecule has 3 rings (SSSR count). The van der Waals surface area contributed by atoms with E-state index in [1.165, 1.54) is 4.31 Å². The van der Waals surface area contributed by atoms with Crippen LogP contribution in [0, 0.1) is 0 Å². The first-order valence-electron chi connectivity index (χ1n) is 8.75. The standard InChI is InChI=1S/C18H22BrN3O4S/c1-13(2)25-15-5-7-17(8-6-15)27(23,24)22-9-3-4-16(12-22)26-18-20-10-14(19)11-21-18/h5-8,10-11,13,16H,3-4,9,12H2,1-2H3. The maximum atomic E-state index is 13.0. The molecule has 1 aliphatic heterocycles. The highest BCUT2D eigenvalue weighted by atomic mass is 79.9. The summed E-state index contributed by atoms with van der Waals surface area (Å²) >= 11 is 3.27. The maximum absolute atomic E-state index is 13.0. The van der Waals surface area contributed by atoms with Crippen molar-refractivity contribution >= 4 is 26.0 Å². The summed E-state index contributed by atoms with van der Waals surface area (Å²) < 4.78 is 39.5. The number of halogens is 1. The lowest BCUT2D eigenvalue weighted by Gasteiger charge is -2.31. The van der Waals surface area contributed by atoms with Gasteiger partial charge in [0.2, 0.25) is 10.0 Å². The van der Waals surface area contributed by atoms with Crippen molar-refractivity contribution in [2.24, 2.45) is 0 Å². The lowest BCUT2D eigenvalue weighted by molar-refractivity contribution is 0.119. The zero-order valence-corrected chi connectivity index (χ0v) is 17.6. The van der Waals surface area contributed by atoms with Crippen molar-refractivity contribution in [3.05, 3.63) is 41.1 Å². The van der Waals surface area contributed by atoms with E-state index in [-0.39, 0.29) is 29.7 Å². The Hall–Kier alpha value is -1.71. The van der Waals surface area contributed by atoms with E-state index in [0.717, 1.165) is 17.3 Å². The molecule has 0 aliphatic carbocycles. The van der Waals surface area contributed by atoms with Crippen LogP contribution >= 0.6 is 15.9 Å². The Bertz CT molecular complexity index is 857. The Kier molecular flexibility index (Phi) is 6.33. The summed E-state index contributed by atoms with van der Waals surface area (Å²) in [6.07, 6.45) is 4.43. The van der Waals surface area contributed by atoms with Gasteiger partial charge < -0.3 is 9.47 Å². The topological polar surface area (TPSA) is 81.6 Å². The number of rotatable bonds is 6. The average molecular weight is 456 g/mol. The predicted octanol–water partition coefficient (Wildman–Crippen LogP) is 3.26. The summed E-state index contributed by atoms with van der Waals surface area (Å²) in [5.74, 6) is 0.649. The second-order valence-electron chi connectivity index (χ2n) is 6.57. The Morgan fingerprint density at radius 2 is 1.85 bits per heavy atom. The summed E-state index contributed by atoms with van der Waals surface area (Å²) in [6, 6.07) is 6.77. The fraction of sp³-hybridized carbons (Fsp3) is 0.444. The molecule has 146 valence electrons. The zero-order valence-electron chi connectivity index (χ0n) is 15.2. The SMILES string of the molecule is CC(C)Oc1ccc(S(=O)(=O)N2CCCC(Oc3ncc(Br)cn3)C2)cc1. The first kappa shape index (κ1) is 20.0. The van der Waals surface area contributed by atoms with Crippen molar-refractivity contribution in [2.45, 2.75) is 43.8 Å². The van der Waals surface area contributed by atoms with Crippen molar-refractivity contribution in [3.63, 3.8) is 0 Å². The molecule has 0 saturated carbocycles. The first-order valence-corrected chi connectivity index (χ1v) is 11.0. The normalized spacial score (nSPS) is 18.4.